The van der Waals surface area contributed by atoms with E-state index in [-0.39, 0.29) is 17.9 Å². The molecule has 0 aliphatic heterocycles. The number of sulfonamides is 1. The molecule has 1 rings (SSSR count). The number of hydrogen-bond donors (Lipinski definition) is 4. The smallest absolute Gasteiger partial charge is 0.254 e. The van der Waals surface area contributed by atoms with Crippen molar-refractivity contribution in [3.8, 4) is 0 Å². The monoisotopic (exact) mass is 277 g/mol. The average molecular weight is 277 g/mol. The van der Waals surface area contributed by atoms with Crippen LogP contribution in [0.2, 0.25) is 0 Å². The van der Waals surface area contributed by atoms with Crippen molar-refractivity contribution in [1.29, 1.82) is 0 Å². The number of carbonyl (C=O) groups excluding carboxylic acids is 1. The van der Waals surface area contributed by atoms with E-state index in [1.54, 1.807) is 0 Å². The first-order valence-electron chi connectivity index (χ1n) is 4.75. The Bertz CT molecular complexity index is 548. The third kappa shape index (κ3) is 3.91. The zero-order valence-corrected chi connectivity index (χ0v) is 10.00. The zero-order valence-electron chi connectivity index (χ0n) is 9.18. The van der Waals surface area contributed by atoms with Crippen molar-refractivity contribution < 1.29 is 17.6 Å². The first kappa shape index (κ1) is 14.3. The average Bonchev–Trinajstić information content (AvgIpc) is 2.27. The summed E-state index contributed by atoms with van der Waals surface area (Å²) in [6.45, 7) is -0.217. The van der Waals surface area contributed by atoms with Gasteiger partial charge in [0.15, 0.2) is 11.6 Å². The molecule has 1 aromatic rings. The first-order chi connectivity index (χ1) is 8.35. The lowest BCUT2D eigenvalue weighted by atomic mass is 10.2. The van der Waals surface area contributed by atoms with E-state index in [0.29, 0.717) is 0 Å². The van der Waals surface area contributed by atoms with Gasteiger partial charge in [-0.2, -0.15) is 0 Å². The minimum absolute atomic E-state index is 0.217. The van der Waals surface area contributed by atoms with Crippen molar-refractivity contribution in [2.45, 2.75) is 0 Å². The highest BCUT2D eigenvalue weighted by Crippen LogP contribution is 2.13. The second-order valence-electron chi connectivity index (χ2n) is 3.29. The SMILES string of the molecule is NNc1nccc(C(=O)NCCS(N)(=O)=O)c1F. The van der Waals surface area contributed by atoms with Crippen molar-refractivity contribution in [3.05, 3.63) is 23.6 Å². The predicted octanol–water partition coefficient (Wildman–Crippen LogP) is -1.48. The molecule has 0 bridgehead atoms. The molecule has 0 unspecified atom stereocenters. The first-order valence-corrected chi connectivity index (χ1v) is 6.46. The van der Waals surface area contributed by atoms with E-state index in [2.05, 4.69) is 10.3 Å². The fourth-order valence-corrected chi connectivity index (χ4v) is 1.51. The number of primary sulfonamides is 1. The number of rotatable bonds is 5. The molecule has 1 heterocycles. The Labute approximate surface area is 103 Å². The molecule has 0 radical (unpaired) electrons. The number of nitrogens with zero attached hydrogens (tertiary/aromatic N) is 1. The largest absolute Gasteiger partial charge is 0.351 e. The molecule has 0 aliphatic carbocycles. The second kappa shape index (κ2) is 5.71. The van der Waals surface area contributed by atoms with Crippen molar-refractivity contribution >= 4 is 21.7 Å². The molecule has 6 N–H and O–H groups in total. The number of nitrogen functional groups attached to an aromatic ring is 1. The van der Waals surface area contributed by atoms with Gasteiger partial charge in [-0.1, -0.05) is 0 Å². The Balaban J connectivity index is 2.73. The molecule has 0 atom stereocenters. The van der Waals surface area contributed by atoms with Crippen LogP contribution in [0.1, 0.15) is 10.4 Å². The number of halogens is 1. The van der Waals surface area contributed by atoms with Gasteiger partial charge in [0, 0.05) is 12.7 Å². The second-order valence-corrected chi connectivity index (χ2v) is 5.02. The number of aromatic nitrogens is 1. The summed E-state index contributed by atoms with van der Waals surface area (Å²) < 4.78 is 34.8. The molecule has 8 nitrogen and oxygen atoms in total. The van der Waals surface area contributed by atoms with Crippen LogP contribution in [0.15, 0.2) is 12.3 Å². The van der Waals surface area contributed by atoms with Crippen LogP contribution in [0.5, 0.6) is 0 Å². The highest BCUT2D eigenvalue weighted by molar-refractivity contribution is 7.89. The number of amides is 1. The predicted molar refractivity (Wildman–Crippen MR) is 62.3 cm³/mol. The van der Waals surface area contributed by atoms with Gasteiger partial charge in [-0.05, 0) is 6.07 Å². The molecule has 1 amide bonds. The Morgan fingerprint density at radius 3 is 2.72 bits per heavy atom. The van der Waals surface area contributed by atoms with Crippen molar-refractivity contribution in [3.63, 3.8) is 0 Å². The molecular weight excluding hydrogens is 265 g/mol. The van der Waals surface area contributed by atoms with Gasteiger partial charge in [-0.15, -0.1) is 0 Å². The zero-order chi connectivity index (χ0) is 13.8. The summed E-state index contributed by atoms with van der Waals surface area (Å²) >= 11 is 0. The molecule has 100 valence electrons. The summed E-state index contributed by atoms with van der Waals surface area (Å²) in [6.07, 6.45) is 1.19. The van der Waals surface area contributed by atoms with Gasteiger partial charge in [0.25, 0.3) is 5.91 Å². The van der Waals surface area contributed by atoms with E-state index in [4.69, 9.17) is 11.0 Å². The molecule has 18 heavy (non-hydrogen) atoms. The van der Waals surface area contributed by atoms with Gasteiger partial charge < -0.3 is 10.7 Å². The topological polar surface area (TPSA) is 140 Å². The highest BCUT2D eigenvalue weighted by atomic mass is 32.2. The van der Waals surface area contributed by atoms with Crippen LogP contribution in [0.4, 0.5) is 10.2 Å². The van der Waals surface area contributed by atoms with E-state index >= 15 is 0 Å². The molecule has 0 spiro atoms. The highest BCUT2D eigenvalue weighted by Gasteiger charge is 2.15. The molecule has 0 saturated heterocycles. The summed E-state index contributed by atoms with van der Waals surface area (Å²) in [5.41, 5.74) is 1.69. The van der Waals surface area contributed by atoms with E-state index in [9.17, 15) is 17.6 Å². The summed E-state index contributed by atoms with van der Waals surface area (Å²) in [7, 11) is -3.68. The number of carbonyl (C=O) groups is 1. The van der Waals surface area contributed by atoms with Gasteiger partial charge in [-0.25, -0.2) is 28.8 Å². The lowest BCUT2D eigenvalue weighted by Gasteiger charge is -2.07. The summed E-state index contributed by atoms with van der Waals surface area (Å²) in [6, 6.07) is 1.14. The Morgan fingerprint density at radius 2 is 2.17 bits per heavy atom. The minimum Gasteiger partial charge on any atom is -0.351 e. The summed E-state index contributed by atoms with van der Waals surface area (Å²) in [4.78, 5) is 15.1. The minimum atomic E-state index is -3.68. The molecule has 10 heteroatoms. The number of nitrogens with two attached hydrogens (primary N) is 2. The molecule has 0 aromatic carbocycles. The van der Waals surface area contributed by atoms with Gasteiger partial charge in [0.2, 0.25) is 10.0 Å². The lowest BCUT2D eigenvalue weighted by Crippen LogP contribution is -2.32. The molecular formula is C8H12FN5O3S. The summed E-state index contributed by atoms with van der Waals surface area (Å²) in [5, 5.41) is 6.96. The van der Waals surface area contributed by atoms with Gasteiger partial charge in [0.05, 0.1) is 11.3 Å². The van der Waals surface area contributed by atoms with Gasteiger partial charge in [-0.3, -0.25) is 4.79 Å². The fourth-order valence-electron chi connectivity index (χ4n) is 1.12. The normalized spacial score (nSPS) is 11.1. The van der Waals surface area contributed by atoms with E-state index in [1.807, 2.05) is 5.43 Å². The van der Waals surface area contributed by atoms with Crippen LogP contribution in [0.3, 0.4) is 0 Å². The number of hydrazine groups is 1. The van der Waals surface area contributed by atoms with Crippen LogP contribution in [-0.2, 0) is 10.0 Å². The van der Waals surface area contributed by atoms with Crippen LogP contribution in [-0.4, -0.2) is 31.6 Å². The third-order valence-electron chi connectivity index (χ3n) is 1.94. The number of anilines is 1. The van der Waals surface area contributed by atoms with Crippen LogP contribution in [0.25, 0.3) is 0 Å². The van der Waals surface area contributed by atoms with Crippen molar-refractivity contribution in [2.24, 2.45) is 11.0 Å². The number of pyridine rings is 1. The Morgan fingerprint density at radius 1 is 1.50 bits per heavy atom. The molecule has 0 fully saturated rings. The Kier molecular flexibility index (Phi) is 4.53. The maximum Gasteiger partial charge on any atom is 0.254 e. The number of hydrogen-bond acceptors (Lipinski definition) is 6. The van der Waals surface area contributed by atoms with Gasteiger partial charge >= 0.3 is 0 Å². The molecule has 0 saturated carbocycles. The van der Waals surface area contributed by atoms with Crippen molar-refractivity contribution in [1.82, 2.24) is 10.3 Å². The van der Waals surface area contributed by atoms with E-state index < -0.39 is 27.5 Å². The fraction of sp³-hybridized carbons (Fsp3) is 0.250. The third-order valence-corrected chi connectivity index (χ3v) is 2.72. The van der Waals surface area contributed by atoms with E-state index in [1.165, 1.54) is 6.20 Å². The van der Waals surface area contributed by atoms with Crippen LogP contribution >= 0.6 is 0 Å². The van der Waals surface area contributed by atoms with E-state index in [0.717, 1.165) is 6.07 Å². The van der Waals surface area contributed by atoms with Gasteiger partial charge in [0.1, 0.15) is 0 Å². The Hall–Kier alpha value is -1.78. The molecule has 1 aromatic heterocycles. The quantitative estimate of drug-likeness (QED) is 0.382. The maximum absolute atomic E-state index is 13.6. The maximum atomic E-state index is 13.6. The lowest BCUT2D eigenvalue weighted by molar-refractivity contribution is 0.0952. The van der Waals surface area contributed by atoms with Crippen LogP contribution < -0.4 is 21.7 Å². The molecule has 0 aliphatic rings. The number of nitrogens with one attached hydrogen (secondary N) is 2. The standard InChI is InChI=1S/C8H12FN5O3S/c9-6-5(1-2-12-7(6)14-10)8(15)13-3-4-18(11,16)17/h1-2H,3-4,10H2,(H,12,14)(H,13,15)(H2,11,16,17). The van der Waals surface area contributed by atoms with Crippen LogP contribution in [0, 0.1) is 5.82 Å². The van der Waals surface area contributed by atoms with Crippen molar-refractivity contribution in [2.75, 3.05) is 17.7 Å². The summed E-state index contributed by atoms with van der Waals surface area (Å²) in [5.74, 6) is 2.57.